The first kappa shape index (κ1) is 68.0. The van der Waals surface area contributed by atoms with E-state index in [2.05, 4.69) is 116 Å². The van der Waals surface area contributed by atoms with Crippen LogP contribution in [0.4, 0.5) is 0 Å². The molecule has 2 atom stereocenters. The van der Waals surface area contributed by atoms with E-state index in [4.69, 9.17) is 0 Å². The highest BCUT2D eigenvalue weighted by Gasteiger charge is 2.18. The largest absolute Gasteiger partial charge is 0.394 e. The number of allylic oxidation sites excluding steroid dienone is 17. The summed E-state index contributed by atoms with van der Waals surface area (Å²) in [4.78, 5) is 12.5. The van der Waals surface area contributed by atoms with E-state index in [-0.39, 0.29) is 12.5 Å². The number of hydrogen-bond donors (Lipinski definition) is 3. The monoisotopic (exact) mass is 984 g/mol. The number of carbonyl (C=O) groups excluding carboxylic acids is 1. The second-order valence-corrected chi connectivity index (χ2v) is 20.4. The lowest BCUT2D eigenvalue weighted by Gasteiger charge is -2.19. The molecule has 0 heterocycles. The van der Waals surface area contributed by atoms with Crippen molar-refractivity contribution in [2.45, 2.75) is 302 Å². The quantitative estimate of drug-likeness (QED) is 0.0420. The zero-order chi connectivity index (χ0) is 51.3. The minimum Gasteiger partial charge on any atom is -0.394 e. The van der Waals surface area contributed by atoms with Crippen molar-refractivity contribution in [3.8, 4) is 0 Å². The standard InChI is InChI=1S/C67H117NO3/c1-3-5-7-9-11-13-15-17-19-21-23-24-25-26-27-28-29-30-31-32-33-34-35-36-37-38-39-40-41-42-43-44-45-47-49-51-53-55-57-59-61-63-67(71)68-65(64-69)66(70)62-60-58-56-54-52-50-48-46-22-20-18-16-14-12-10-8-6-4-2/h5,7,11,13,17,19,22-24,26-27,29-30,46,52,54,60,62,65-66,69-70H,3-4,6,8-10,12,14-16,18,20-21,25,28,31-45,47-51,53,55-59,61,63-64H2,1-2H3,(H,68,71)/b7-5-,13-11-,19-17-,24-23-,27-26-,30-29-,46-22+,54-52+,62-60+. The number of aliphatic hydroxyl groups excluding tert-OH is 2. The topological polar surface area (TPSA) is 69.6 Å². The summed E-state index contributed by atoms with van der Waals surface area (Å²) in [6, 6.07) is -0.649. The van der Waals surface area contributed by atoms with E-state index < -0.39 is 12.1 Å². The van der Waals surface area contributed by atoms with E-state index >= 15 is 0 Å². The number of aliphatic hydroxyl groups is 2. The Balaban J connectivity index is 3.49. The van der Waals surface area contributed by atoms with Crippen LogP contribution in [0.5, 0.6) is 0 Å². The molecule has 3 N–H and O–H groups in total. The fourth-order valence-electron chi connectivity index (χ4n) is 8.86. The average Bonchev–Trinajstić information content (AvgIpc) is 3.37. The molecule has 0 aromatic rings. The number of unbranched alkanes of at least 4 members (excludes halogenated alkanes) is 32. The van der Waals surface area contributed by atoms with Gasteiger partial charge in [0.1, 0.15) is 0 Å². The summed E-state index contributed by atoms with van der Waals surface area (Å²) in [5, 5.41) is 23.1. The van der Waals surface area contributed by atoms with Gasteiger partial charge in [0.15, 0.2) is 0 Å². The molecule has 0 aliphatic rings. The van der Waals surface area contributed by atoms with Crippen molar-refractivity contribution in [2.75, 3.05) is 6.61 Å². The number of rotatable bonds is 55. The number of nitrogens with one attached hydrogen (secondary N) is 1. The Morgan fingerprint density at radius 3 is 0.986 bits per heavy atom. The maximum absolute atomic E-state index is 12.5. The molecule has 0 aromatic heterocycles. The Labute approximate surface area is 442 Å². The number of amides is 1. The Hall–Kier alpha value is -2.95. The number of hydrogen-bond acceptors (Lipinski definition) is 3. The van der Waals surface area contributed by atoms with Crippen LogP contribution in [0.15, 0.2) is 109 Å². The Kier molecular flexibility index (Phi) is 58.8. The fourth-order valence-corrected chi connectivity index (χ4v) is 8.86. The maximum atomic E-state index is 12.5. The molecule has 0 fully saturated rings. The first-order valence-corrected chi connectivity index (χ1v) is 30.6. The number of carbonyl (C=O) groups is 1. The summed E-state index contributed by atoms with van der Waals surface area (Å²) < 4.78 is 0. The van der Waals surface area contributed by atoms with Gasteiger partial charge in [-0.2, -0.15) is 0 Å². The molecule has 0 radical (unpaired) electrons. The van der Waals surface area contributed by atoms with Crippen molar-refractivity contribution < 1.29 is 15.0 Å². The average molecular weight is 985 g/mol. The van der Waals surface area contributed by atoms with E-state index in [0.717, 1.165) is 77.0 Å². The van der Waals surface area contributed by atoms with Crippen LogP contribution in [-0.4, -0.2) is 34.9 Å². The van der Waals surface area contributed by atoms with E-state index in [1.54, 1.807) is 6.08 Å². The van der Waals surface area contributed by atoms with Gasteiger partial charge >= 0.3 is 0 Å². The van der Waals surface area contributed by atoms with Gasteiger partial charge in [0.25, 0.3) is 0 Å². The predicted molar refractivity (Wildman–Crippen MR) is 317 cm³/mol. The molecule has 0 aliphatic carbocycles. The minimum atomic E-state index is -0.874. The van der Waals surface area contributed by atoms with Crippen LogP contribution in [0.2, 0.25) is 0 Å². The van der Waals surface area contributed by atoms with Crippen LogP contribution >= 0.6 is 0 Å². The second kappa shape index (κ2) is 61.4. The summed E-state index contributed by atoms with van der Waals surface area (Å²) in [6.45, 7) is 4.18. The molecule has 4 nitrogen and oxygen atoms in total. The molecule has 0 aromatic carbocycles. The van der Waals surface area contributed by atoms with Crippen LogP contribution in [0, 0.1) is 0 Å². The summed E-state index contributed by atoms with van der Waals surface area (Å²) in [6.07, 6.45) is 92.8. The Morgan fingerprint density at radius 2 is 0.634 bits per heavy atom. The molecule has 0 saturated heterocycles. The Bertz CT molecular complexity index is 1350. The van der Waals surface area contributed by atoms with E-state index in [0.29, 0.717) is 6.42 Å². The second-order valence-electron chi connectivity index (χ2n) is 20.4. The minimum absolute atomic E-state index is 0.0768. The molecule has 4 heteroatoms. The smallest absolute Gasteiger partial charge is 0.220 e. The van der Waals surface area contributed by atoms with Gasteiger partial charge in [0, 0.05) is 6.42 Å². The zero-order valence-corrected chi connectivity index (χ0v) is 47.0. The van der Waals surface area contributed by atoms with Crippen molar-refractivity contribution in [3.63, 3.8) is 0 Å². The van der Waals surface area contributed by atoms with Gasteiger partial charge in [0.2, 0.25) is 5.91 Å². The third kappa shape index (κ3) is 57.8. The molecule has 0 rings (SSSR count). The molecule has 71 heavy (non-hydrogen) atoms. The van der Waals surface area contributed by atoms with Gasteiger partial charge in [-0.3, -0.25) is 4.79 Å². The maximum Gasteiger partial charge on any atom is 0.220 e. The highest BCUT2D eigenvalue weighted by atomic mass is 16.3. The van der Waals surface area contributed by atoms with Crippen LogP contribution in [0.1, 0.15) is 290 Å². The lowest BCUT2D eigenvalue weighted by molar-refractivity contribution is -0.123. The molecule has 2 unspecified atom stereocenters. The van der Waals surface area contributed by atoms with Crippen molar-refractivity contribution in [1.82, 2.24) is 5.32 Å². The summed E-state index contributed by atoms with van der Waals surface area (Å²) in [5.74, 6) is -0.0768. The van der Waals surface area contributed by atoms with Crippen molar-refractivity contribution in [3.05, 3.63) is 109 Å². The highest BCUT2D eigenvalue weighted by molar-refractivity contribution is 5.76. The summed E-state index contributed by atoms with van der Waals surface area (Å²) in [7, 11) is 0. The van der Waals surface area contributed by atoms with Crippen molar-refractivity contribution in [2.24, 2.45) is 0 Å². The molecule has 0 spiro atoms. The Morgan fingerprint density at radius 1 is 0.352 bits per heavy atom. The summed E-state index contributed by atoms with van der Waals surface area (Å²) >= 11 is 0. The molecule has 1 amide bonds. The summed E-state index contributed by atoms with van der Waals surface area (Å²) in [5.41, 5.74) is 0. The van der Waals surface area contributed by atoms with E-state index in [9.17, 15) is 15.0 Å². The first-order chi connectivity index (χ1) is 35.2. The van der Waals surface area contributed by atoms with Gasteiger partial charge in [-0.15, -0.1) is 0 Å². The predicted octanol–water partition coefficient (Wildman–Crippen LogP) is 20.6. The van der Waals surface area contributed by atoms with Crippen molar-refractivity contribution in [1.29, 1.82) is 0 Å². The first-order valence-electron chi connectivity index (χ1n) is 30.6. The van der Waals surface area contributed by atoms with Crippen LogP contribution in [-0.2, 0) is 4.79 Å². The van der Waals surface area contributed by atoms with Crippen LogP contribution < -0.4 is 5.32 Å². The molecule has 0 aliphatic heterocycles. The molecular weight excluding hydrogens is 867 g/mol. The molecular formula is C67H117NO3. The van der Waals surface area contributed by atoms with Gasteiger partial charge < -0.3 is 15.5 Å². The molecule has 408 valence electrons. The van der Waals surface area contributed by atoms with Gasteiger partial charge in [-0.05, 0) is 96.3 Å². The lowest BCUT2D eigenvalue weighted by Crippen LogP contribution is -2.45. The third-order valence-corrected chi connectivity index (χ3v) is 13.5. The van der Waals surface area contributed by atoms with Gasteiger partial charge in [-0.25, -0.2) is 0 Å². The van der Waals surface area contributed by atoms with Gasteiger partial charge in [-0.1, -0.05) is 297 Å². The van der Waals surface area contributed by atoms with Gasteiger partial charge in [0.05, 0.1) is 18.8 Å². The zero-order valence-electron chi connectivity index (χ0n) is 47.0. The highest BCUT2D eigenvalue weighted by Crippen LogP contribution is 2.17. The molecule has 0 bridgehead atoms. The SMILES string of the molecule is CC/C=C\C/C=C\C/C=C\C/C=C\C/C=C\C/C=C\CCCCCCCCCCCCCCCCCCCCCCCCC(=O)NC(CO)C(O)/C=C/CC/C=C/CC/C=C/CCCCCCCCCC. The van der Waals surface area contributed by atoms with Crippen LogP contribution in [0.3, 0.4) is 0 Å². The fraction of sp³-hybridized carbons (Fsp3) is 0.716. The van der Waals surface area contributed by atoms with Crippen molar-refractivity contribution >= 4 is 5.91 Å². The molecule has 0 saturated carbocycles. The third-order valence-electron chi connectivity index (χ3n) is 13.5. The lowest BCUT2D eigenvalue weighted by atomic mass is 10.0. The van der Waals surface area contributed by atoms with E-state index in [1.165, 1.54) is 193 Å². The van der Waals surface area contributed by atoms with E-state index in [1.807, 2.05) is 6.08 Å². The van der Waals surface area contributed by atoms with Crippen LogP contribution in [0.25, 0.3) is 0 Å². The normalized spacial score (nSPS) is 13.6.